The van der Waals surface area contributed by atoms with Crippen LogP contribution in [0.4, 0.5) is 16.0 Å². The van der Waals surface area contributed by atoms with E-state index in [1.807, 2.05) is 25.2 Å². The third-order valence-electron chi connectivity index (χ3n) is 5.23. The van der Waals surface area contributed by atoms with E-state index in [4.69, 9.17) is 10.5 Å². The number of ether oxygens (including phenoxy) is 1. The molecule has 4 rings (SSSR count). The molecule has 8 heteroatoms. The summed E-state index contributed by atoms with van der Waals surface area (Å²) in [5.74, 6) is -0.0808. The molecule has 3 N–H and O–H groups in total. The predicted octanol–water partition coefficient (Wildman–Crippen LogP) is 3.73. The highest BCUT2D eigenvalue weighted by Crippen LogP contribution is 2.28. The third-order valence-corrected chi connectivity index (χ3v) is 5.23. The number of benzene rings is 2. The van der Waals surface area contributed by atoms with E-state index < -0.39 is 11.6 Å². The molecule has 0 aliphatic carbocycles. The number of carbonyl (C=O) groups is 1. The summed E-state index contributed by atoms with van der Waals surface area (Å²) in [6.45, 7) is 1.84. The molecule has 1 atom stereocenters. The number of likely N-dealkylation sites (tertiary alicyclic amines) is 1. The number of aromatic nitrogens is 2. The minimum absolute atomic E-state index is 0.00989. The van der Waals surface area contributed by atoms with E-state index in [1.54, 1.807) is 18.2 Å². The van der Waals surface area contributed by atoms with Crippen LogP contribution < -0.4 is 15.8 Å². The molecule has 31 heavy (non-hydrogen) atoms. The number of halogens is 1. The number of carbonyl (C=O) groups excluding carboxylic acids is 1. The maximum atomic E-state index is 14.9. The highest BCUT2D eigenvalue weighted by Gasteiger charge is 2.25. The quantitative estimate of drug-likeness (QED) is 0.586. The molecule has 0 saturated carbocycles. The molecule has 1 saturated heterocycles. The zero-order valence-corrected chi connectivity index (χ0v) is 17.2. The number of piperidine rings is 1. The van der Waals surface area contributed by atoms with Crippen LogP contribution in [0.25, 0.3) is 0 Å². The molecule has 1 aliphatic heterocycles. The Morgan fingerprint density at radius 3 is 2.74 bits per heavy atom. The number of nitrogens with zero attached hydrogens (tertiary/aromatic N) is 3. The number of hydrogen-bond donors (Lipinski definition) is 2. The van der Waals surface area contributed by atoms with E-state index in [0.29, 0.717) is 17.3 Å². The lowest BCUT2D eigenvalue weighted by atomic mass is 10.0. The molecule has 160 valence electrons. The molecule has 0 bridgehead atoms. The number of nitrogen functional groups attached to an aromatic ring is 1. The second-order valence-corrected chi connectivity index (χ2v) is 7.61. The van der Waals surface area contributed by atoms with Crippen LogP contribution in [-0.4, -0.2) is 46.8 Å². The highest BCUT2D eigenvalue weighted by molar-refractivity contribution is 6.14. The van der Waals surface area contributed by atoms with Crippen LogP contribution in [0.3, 0.4) is 0 Å². The van der Waals surface area contributed by atoms with Gasteiger partial charge in [0.05, 0.1) is 5.56 Å². The average molecular weight is 421 g/mol. The van der Waals surface area contributed by atoms with Crippen LogP contribution in [0, 0.1) is 5.82 Å². The second kappa shape index (κ2) is 9.09. The van der Waals surface area contributed by atoms with Crippen molar-refractivity contribution < 1.29 is 13.9 Å². The Labute approximate surface area is 180 Å². The Hall–Kier alpha value is -3.52. The van der Waals surface area contributed by atoms with Crippen molar-refractivity contribution in [3.63, 3.8) is 0 Å². The van der Waals surface area contributed by atoms with E-state index in [2.05, 4.69) is 20.2 Å². The monoisotopic (exact) mass is 421 g/mol. The van der Waals surface area contributed by atoms with Gasteiger partial charge in [-0.25, -0.2) is 14.4 Å². The Bertz CT molecular complexity index is 1080. The van der Waals surface area contributed by atoms with E-state index >= 15 is 0 Å². The Balaban J connectivity index is 1.59. The van der Waals surface area contributed by atoms with E-state index in [9.17, 15) is 9.18 Å². The lowest BCUT2D eigenvalue weighted by Crippen LogP contribution is -2.40. The lowest BCUT2D eigenvalue weighted by molar-refractivity contribution is 0.103. The standard InChI is InChI=1S/C23H24FN5O2/c1-29-11-5-6-15(13-29)28-23-20(22(25)26-14-27-23)21(30)18-10-9-17(12-19(18)24)31-16-7-3-2-4-8-16/h2-4,7-10,12,14-15H,5-6,11,13H2,1H3,(H3,25,26,27,28). The molecule has 3 aromatic rings. The summed E-state index contributed by atoms with van der Waals surface area (Å²) in [6, 6.07) is 13.3. The van der Waals surface area contributed by atoms with Gasteiger partial charge in [-0.15, -0.1) is 0 Å². The average Bonchev–Trinajstić information content (AvgIpc) is 2.74. The van der Waals surface area contributed by atoms with Gasteiger partial charge in [-0.2, -0.15) is 0 Å². The number of para-hydroxylation sites is 1. The van der Waals surface area contributed by atoms with Gasteiger partial charge in [-0.05, 0) is 50.7 Å². The number of anilines is 2. The number of hydrogen-bond acceptors (Lipinski definition) is 7. The summed E-state index contributed by atoms with van der Waals surface area (Å²) in [5, 5.41) is 3.29. The van der Waals surface area contributed by atoms with E-state index in [-0.39, 0.29) is 23.0 Å². The lowest BCUT2D eigenvalue weighted by Gasteiger charge is -2.31. The van der Waals surface area contributed by atoms with Crippen molar-refractivity contribution >= 4 is 17.4 Å². The van der Waals surface area contributed by atoms with Gasteiger partial charge >= 0.3 is 0 Å². The summed E-state index contributed by atoms with van der Waals surface area (Å²) < 4.78 is 20.5. The topological polar surface area (TPSA) is 93.4 Å². The molecule has 1 unspecified atom stereocenters. The summed E-state index contributed by atoms with van der Waals surface area (Å²) in [5.41, 5.74) is 5.96. The molecular weight excluding hydrogens is 397 g/mol. The third kappa shape index (κ3) is 4.80. The largest absolute Gasteiger partial charge is 0.457 e. The highest BCUT2D eigenvalue weighted by atomic mass is 19.1. The fourth-order valence-electron chi connectivity index (χ4n) is 3.71. The molecule has 1 aromatic heterocycles. The molecular formula is C23H24FN5O2. The molecule has 0 amide bonds. The van der Waals surface area contributed by atoms with Gasteiger partial charge in [0.2, 0.25) is 5.78 Å². The number of ketones is 1. The first-order valence-corrected chi connectivity index (χ1v) is 10.1. The fourth-order valence-corrected chi connectivity index (χ4v) is 3.71. The maximum absolute atomic E-state index is 14.9. The number of likely N-dealkylation sites (N-methyl/N-ethyl adjacent to an activating group) is 1. The second-order valence-electron chi connectivity index (χ2n) is 7.61. The van der Waals surface area contributed by atoms with Crippen LogP contribution in [0.15, 0.2) is 54.9 Å². The number of nitrogens with one attached hydrogen (secondary N) is 1. The maximum Gasteiger partial charge on any atom is 0.203 e. The van der Waals surface area contributed by atoms with Gasteiger partial charge in [0, 0.05) is 18.7 Å². The van der Waals surface area contributed by atoms with Crippen molar-refractivity contribution in [1.29, 1.82) is 0 Å². The Morgan fingerprint density at radius 2 is 2.00 bits per heavy atom. The SMILES string of the molecule is CN1CCCC(Nc2ncnc(N)c2C(=O)c2ccc(Oc3ccccc3)cc2F)C1. The number of rotatable bonds is 6. The summed E-state index contributed by atoms with van der Waals surface area (Å²) in [4.78, 5) is 23.6. The Morgan fingerprint density at radius 1 is 1.19 bits per heavy atom. The minimum Gasteiger partial charge on any atom is -0.457 e. The summed E-state index contributed by atoms with van der Waals surface area (Å²) in [7, 11) is 2.04. The summed E-state index contributed by atoms with van der Waals surface area (Å²) in [6.07, 6.45) is 3.28. The zero-order valence-electron chi connectivity index (χ0n) is 17.2. The van der Waals surface area contributed by atoms with Gasteiger partial charge in [0.1, 0.15) is 40.8 Å². The van der Waals surface area contributed by atoms with Crippen LogP contribution in [0.2, 0.25) is 0 Å². The van der Waals surface area contributed by atoms with Gasteiger partial charge in [0.15, 0.2) is 0 Å². The molecule has 1 fully saturated rings. The van der Waals surface area contributed by atoms with Crippen molar-refractivity contribution in [1.82, 2.24) is 14.9 Å². The van der Waals surface area contributed by atoms with Crippen molar-refractivity contribution in [2.24, 2.45) is 0 Å². The first-order chi connectivity index (χ1) is 15.0. The Kier molecular flexibility index (Phi) is 6.08. The molecule has 7 nitrogen and oxygen atoms in total. The van der Waals surface area contributed by atoms with E-state index in [1.165, 1.54) is 18.5 Å². The van der Waals surface area contributed by atoms with E-state index in [0.717, 1.165) is 25.9 Å². The van der Waals surface area contributed by atoms with Gasteiger partial charge in [0.25, 0.3) is 0 Å². The molecule has 0 radical (unpaired) electrons. The van der Waals surface area contributed by atoms with Gasteiger partial charge in [-0.1, -0.05) is 18.2 Å². The van der Waals surface area contributed by atoms with Gasteiger partial charge in [-0.3, -0.25) is 4.79 Å². The van der Waals surface area contributed by atoms with Crippen molar-refractivity contribution in [2.45, 2.75) is 18.9 Å². The zero-order chi connectivity index (χ0) is 21.8. The first kappa shape index (κ1) is 20.7. The van der Waals surface area contributed by atoms with Crippen LogP contribution in [0.1, 0.15) is 28.8 Å². The van der Waals surface area contributed by atoms with Crippen molar-refractivity contribution in [3.8, 4) is 11.5 Å². The smallest absolute Gasteiger partial charge is 0.203 e. The normalized spacial score (nSPS) is 16.6. The predicted molar refractivity (Wildman–Crippen MR) is 117 cm³/mol. The summed E-state index contributed by atoms with van der Waals surface area (Å²) >= 11 is 0. The van der Waals surface area contributed by atoms with Crippen molar-refractivity contribution in [2.75, 3.05) is 31.2 Å². The van der Waals surface area contributed by atoms with Crippen LogP contribution in [0.5, 0.6) is 11.5 Å². The van der Waals surface area contributed by atoms with Crippen LogP contribution in [-0.2, 0) is 0 Å². The molecule has 2 heterocycles. The van der Waals surface area contributed by atoms with Crippen molar-refractivity contribution in [3.05, 3.63) is 71.8 Å². The fraction of sp³-hybridized carbons (Fsp3) is 0.261. The first-order valence-electron chi connectivity index (χ1n) is 10.1. The molecule has 1 aliphatic rings. The minimum atomic E-state index is -0.704. The van der Waals surface area contributed by atoms with Crippen LogP contribution >= 0.6 is 0 Å². The van der Waals surface area contributed by atoms with Gasteiger partial charge < -0.3 is 20.7 Å². The molecule has 2 aromatic carbocycles. The molecule has 0 spiro atoms. The number of nitrogens with two attached hydrogens (primary N) is 1.